The SMILES string of the molecule is Cc1nc(NC(=O)CCc2ncc(-c3ccc(Cl)cc3)o2)sc1SCC#N. The van der Waals surface area contributed by atoms with Crippen LogP contribution in [0.5, 0.6) is 0 Å². The van der Waals surface area contributed by atoms with Crippen LogP contribution in [0.2, 0.25) is 5.02 Å². The van der Waals surface area contributed by atoms with E-state index in [2.05, 4.69) is 21.4 Å². The van der Waals surface area contributed by atoms with E-state index in [1.54, 1.807) is 18.3 Å². The Hall–Kier alpha value is -2.34. The fourth-order valence-electron chi connectivity index (χ4n) is 2.24. The first kappa shape index (κ1) is 19.4. The maximum Gasteiger partial charge on any atom is 0.226 e. The average molecular weight is 419 g/mol. The van der Waals surface area contributed by atoms with Crippen LogP contribution in [0.25, 0.3) is 11.3 Å². The highest BCUT2D eigenvalue weighted by Gasteiger charge is 2.13. The number of oxazole rings is 1. The zero-order valence-electron chi connectivity index (χ0n) is 14.4. The molecule has 0 aliphatic carbocycles. The van der Waals surface area contributed by atoms with Crippen LogP contribution in [0, 0.1) is 18.3 Å². The van der Waals surface area contributed by atoms with Gasteiger partial charge in [0, 0.05) is 23.4 Å². The summed E-state index contributed by atoms with van der Waals surface area (Å²) in [5.74, 6) is 1.33. The van der Waals surface area contributed by atoms with Crippen molar-refractivity contribution >= 4 is 45.7 Å². The van der Waals surface area contributed by atoms with Gasteiger partial charge in [-0.1, -0.05) is 34.7 Å². The van der Waals surface area contributed by atoms with Gasteiger partial charge in [-0.2, -0.15) is 5.26 Å². The molecule has 3 rings (SSSR count). The smallest absolute Gasteiger partial charge is 0.226 e. The molecule has 3 aromatic rings. The zero-order valence-corrected chi connectivity index (χ0v) is 16.7. The molecule has 1 aromatic carbocycles. The Bertz CT molecular complexity index is 976. The van der Waals surface area contributed by atoms with Gasteiger partial charge in [0.1, 0.15) is 0 Å². The maximum atomic E-state index is 12.1. The first-order chi connectivity index (χ1) is 13.0. The number of thiazole rings is 1. The van der Waals surface area contributed by atoms with E-state index in [-0.39, 0.29) is 12.3 Å². The number of carbonyl (C=O) groups excluding carboxylic acids is 1. The van der Waals surface area contributed by atoms with Crippen LogP contribution in [0.15, 0.2) is 39.1 Å². The maximum absolute atomic E-state index is 12.1. The number of thioether (sulfide) groups is 1. The molecule has 0 aliphatic rings. The van der Waals surface area contributed by atoms with Gasteiger partial charge in [0.15, 0.2) is 16.8 Å². The lowest BCUT2D eigenvalue weighted by atomic mass is 10.2. The third kappa shape index (κ3) is 5.32. The van der Waals surface area contributed by atoms with Gasteiger partial charge in [-0.25, -0.2) is 9.97 Å². The van der Waals surface area contributed by atoms with Crippen LogP contribution in [0.4, 0.5) is 5.13 Å². The Labute approximate surface area is 169 Å². The highest BCUT2D eigenvalue weighted by atomic mass is 35.5. The van der Waals surface area contributed by atoms with Gasteiger partial charge in [0.05, 0.1) is 27.9 Å². The number of nitrogens with one attached hydrogen (secondary N) is 1. The Morgan fingerprint density at radius 1 is 1.41 bits per heavy atom. The van der Waals surface area contributed by atoms with Crippen LogP contribution in [0.3, 0.4) is 0 Å². The molecule has 0 unspecified atom stereocenters. The predicted molar refractivity (Wildman–Crippen MR) is 107 cm³/mol. The molecule has 0 atom stereocenters. The summed E-state index contributed by atoms with van der Waals surface area (Å²) in [5.41, 5.74) is 1.69. The minimum atomic E-state index is -0.160. The molecule has 0 aliphatic heterocycles. The third-order valence-corrected chi connectivity index (χ3v) is 6.07. The first-order valence-electron chi connectivity index (χ1n) is 8.03. The second-order valence-corrected chi connectivity index (χ2v) is 8.19. The van der Waals surface area contributed by atoms with Gasteiger partial charge in [-0.3, -0.25) is 4.79 Å². The fraction of sp³-hybridized carbons (Fsp3) is 0.222. The molecule has 0 spiro atoms. The molecule has 1 amide bonds. The molecule has 6 nitrogen and oxygen atoms in total. The Kier molecular flexibility index (Phi) is 6.50. The van der Waals surface area contributed by atoms with Crippen molar-refractivity contribution in [2.45, 2.75) is 24.0 Å². The van der Waals surface area contributed by atoms with Crippen LogP contribution < -0.4 is 5.32 Å². The molecule has 9 heteroatoms. The largest absolute Gasteiger partial charge is 0.441 e. The summed E-state index contributed by atoms with van der Waals surface area (Å²) in [6.07, 6.45) is 2.26. The Morgan fingerprint density at radius 3 is 2.93 bits per heavy atom. The fourth-order valence-corrected chi connectivity index (χ4v) is 4.19. The predicted octanol–water partition coefficient (Wildman–Crippen LogP) is 4.95. The zero-order chi connectivity index (χ0) is 19.2. The Balaban J connectivity index is 1.54. The van der Waals surface area contributed by atoms with Crippen molar-refractivity contribution in [3.8, 4) is 17.4 Å². The molecular formula is C18H15ClN4O2S2. The monoisotopic (exact) mass is 418 g/mol. The van der Waals surface area contributed by atoms with E-state index in [1.807, 2.05) is 19.1 Å². The summed E-state index contributed by atoms with van der Waals surface area (Å²) in [7, 11) is 0. The number of carbonyl (C=O) groups is 1. The molecule has 27 heavy (non-hydrogen) atoms. The molecule has 2 aromatic heterocycles. The molecule has 2 heterocycles. The van der Waals surface area contributed by atoms with E-state index in [0.29, 0.717) is 34.0 Å². The Morgan fingerprint density at radius 2 is 2.19 bits per heavy atom. The molecule has 0 saturated carbocycles. The van der Waals surface area contributed by atoms with Crippen LogP contribution >= 0.6 is 34.7 Å². The normalized spacial score (nSPS) is 10.6. The quantitative estimate of drug-likeness (QED) is 0.546. The lowest BCUT2D eigenvalue weighted by Crippen LogP contribution is -2.12. The number of rotatable bonds is 7. The highest BCUT2D eigenvalue weighted by Crippen LogP contribution is 2.31. The number of nitriles is 1. The van der Waals surface area contributed by atoms with Crippen molar-refractivity contribution in [3.05, 3.63) is 47.1 Å². The van der Waals surface area contributed by atoms with Crippen LogP contribution in [-0.2, 0) is 11.2 Å². The van der Waals surface area contributed by atoms with Gasteiger partial charge in [-0.05, 0) is 31.2 Å². The lowest BCUT2D eigenvalue weighted by Gasteiger charge is -2.00. The number of nitrogens with zero attached hydrogens (tertiary/aromatic N) is 3. The summed E-state index contributed by atoms with van der Waals surface area (Å²) in [6, 6.07) is 9.35. The number of aromatic nitrogens is 2. The van der Waals surface area contributed by atoms with E-state index in [0.717, 1.165) is 15.5 Å². The summed E-state index contributed by atoms with van der Waals surface area (Å²) in [6.45, 7) is 1.86. The number of halogens is 1. The van der Waals surface area contributed by atoms with Crippen LogP contribution in [-0.4, -0.2) is 21.6 Å². The van der Waals surface area contributed by atoms with Crippen molar-refractivity contribution in [3.63, 3.8) is 0 Å². The molecule has 138 valence electrons. The van der Waals surface area contributed by atoms with Gasteiger partial charge < -0.3 is 9.73 Å². The third-order valence-electron chi connectivity index (χ3n) is 3.52. The molecule has 0 fully saturated rings. The number of amides is 1. The first-order valence-corrected chi connectivity index (χ1v) is 10.2. The number of hydrogen-bond donors (Lipinski definition) is 1. The highest BCUT2D eigenvalue weighted by molar-refractivity contribution is 8.01. The molecular weight excluding hydrogens is 404 g/mol. The van der Waals surface area contributed by atoms with E-state index in [4.69, 9.17) is 21.3 Å². The van der Waals surface area contributed by atoms with E-state index >= 15 is 0 Å². The molecule has 0 bridgehead atoms. The van der Waals surface area contributed by atoms with Gasteiger partial charge in [0.25, 0.3) is 0 Å². The number of hydrogen-bond acceptors (Lipinski definition) is 7. The van der Waals surface area contributed by atoms with Gasteiger partial charge in [-0.15, -0.1) is 0 Å². The minimum Gasteiger partial charge on any atom is -0.441 e. The number of aryl methyl sites for hydroxylation is 2. The summed E-state index contributed by atoms with van der Waals surface area (Å²) in [5, 5.41) is 12.6. The molecule has 0 radical (unpaired) electrons. The van der Waals surface area contributed by atoms with Crippen molar-refractivity contribution in [2.75, 3.05) is 11.1 Å². The second kappa shape index (κ2) is 9.04. The summed E-state index contributed by atoms with van der Waals surface area (Å²) >= 11 is 8.67. The summed E-state index contributed by atoms with van der Waals surface area (Å²) < 4.78 is 6.63. The number of anilines is 1. The van der Waals surface area contributed by atoms with Crippen molar-refractivity contribution in [1.29, 1.82) is 5.26 Å². The van der Waals surface area contributed by atoms with E-state index < -0.39 is 0 Å². The van der Waals surface area contributed by atoms with Crippen molar-refractivity contribution in [2.24, 2.45) is 0 Å². The average Bonchev–Trinajstić information content (AvgIpc) is 3.25. The van der Waals surface area contributed by atoms with Gasteiger partial charge >= 0.3 is 0 Å². The van der Waals surface area contributed by atoms with Crippen LogP contribution in [0.1, 0.15) is 18.0 Å². The summed E-state index contributed by atoms with van der Waals surface area (Å²) in [4.78, 5) is 20.7. The second-order valence-electron chi connectivity index (χ2n) is 5.51. The lowest BCUT2D eigenvalue weighted by molar-refractivity contribution is -0.116. The van der Waals surface area contributed by atoms with Crippen molar-refractivity contribution < 1.29 is 9.21 Å². The van der Waals surface area contributed by atoms with E-state index in [1.165, 1.54) is 23.1 Å². The number of benzene rings is 1. The standard InChI is InChI=1S/C18H15ClN4O2S2/c1-11-17(26-9-8-20)27-18(22-11)23-15(24)6-7-16-21-10-14(25-16)12-2-4-13(19)5-3-12/h2-5,10H,6-7,9H2,1H3,(H,22,23,24). The van der Waals surface area contributed by atoms with Gasteiger partial charge in [0.2, 0.25) is 5.91 Å². The van der Waals surface area contributed by atoms with E-state index in [9.17, 15) is 4.79 Å². The molecule has 0 saturated heterocycles. The molecule has 1 N–H and O–H groups in total. The topological polar surface area (TPSA) is 91.8 Å². The van der Waals surface area contributed by atoms with Crippen molar-refractivity contribution in [1.82, 2.24) is 9.97 Å². The minimum absolute atomic E-state index is 0.160.